The molecule has 0 N–H and O–H groups in total. The quantitative estimate of drug-likeness (QED) is 0.192. The molecule has 3 aromatic carbocycles. The number of carbonyl (C=O) groups excluding carboxylic acids is 1. The fourth-order valence-corrected chi connectivity index (χ4v) is 4.52. The van der Waals surface area contributed by atoms with Gasteiger partial charge in [-0.05, 0) is 42.5 Å². The average Bonchev–Trinajstić information content (AvgIpc) is 3.30. The van der Waals surface area contributed by atoms with E-state index >= 15 is 0 Å². The van der Waals surface area contributed by atoms with Crippen LogP contribution < -0.4 is 9.47 Å². The van der Waals surface area contributed by atoms with Crippen LogP contribution in [0.2, 0.25) is 15.1 Å². The molecule has 0 saturated carbocycles. The van der Waals surface area contributed by atoms with E-state index in [9.17, 15) is 4.79 Å². The van der Waals surface area contributed by atoms with Gasteiger partial charge in [-0.3, -0.25) is 0 Å². The molecule has 9 heteroatoms. The van der Waals surface area contributed by atoms with Crippen molar-refractivity contribution < 1.29 is 23.5 Å². The smallest absolute Gasteiger partial charge is 0.337 e. The monoisotopic (exact) mass is 559 g/mol. The molecule has 0 amide bonds. The van der Waals surface area contributed by atoms with Crippen molar-refractivity contribution >= 4 is 40.8 Å². The maximum absolute atomic E-state index is 11.7. The number of methoxy groups -OCH3 is 1. The van der Waals surface area contributed by atoms with Crippen LogP contribution in [0, 0.1) is 0 Å². The lowest BCUT2D eigenvalue weighted by molar-refractivity contribution is 0.0600. The van der Waals surface area contributed by atoms with Gasteiger partial charge in [0.1, 0.15) is 36.2 Å². The molecule has 0 atom stereocenters. The van der Waals surface area contributed by atoms with Crippen molar-refractivity contribution in [1.82, 2.24) is 5.16 Å². The summed E-state index contributed by atoms with van der Waals surface area (Å²) in [6.07, 6.45) is 0. The largest absolute Gasteiger partial charge is 0.489 e. The lowest BCUT2D eigenvalue weighted by atomic mass is 10.0. The molecule has 0 aliphatic rings. The molecule has 4 aromatic rings. The molecule has 6 nitrogen and oxygen atoms in total. The van der Waals surface area contributed by atoms with Gasteiger partial charge in [0, 0.05) is 17.0 Å². The number of hydrogen-bond donors (Lipinski definition) is 0. The third-order valence-electron chi connectivity index (χ3n) is 5.60. The summed E-state index contributed by atoms with van der Waals surface area (Å²) in [6.45, 7) is 4.41. The zero-order valence-corrected chi connectivity index (χ0v) is 22.7. The minimum atomic E-state index is -0.432. The molecule has 0 radical (unpaired) electrons. The number of rotatable bonds is 9. The summed E-state index contributed by atoms with van der Waals surface area (Å²) < 4.78 is 22.3. The zero-order valence-electron chi connectivity index (χ0n) is 20.4. The van der Waals surface area contributed by atoms with Gasteiger partial charge < -0.3 is 18.7 Å². The molecule has 1 heterocycles. The van der Waals surface area contributed by atoms with Crippen LogP contribution in [-0.2, 0) is 18.0 Å². The Hall–Kier alpha value is -3.19. The standard InChI is InChI=1S/C28H24Cl3NO5/c1-16(2)27-21(26(32-37-27)25-22(29)8-5-9-23(25)30)15-36-20-11-10-18(24(31)13-20)14-35-19-7-4-6-17(12-19)28(33)34-3/h4-13,16H,14-15H2,1-3H3. The molecule has 4 rings (SSSR count). The number of hydrogen-bond acceptors (Lipinski definition) is 6. The normalized spacial score (nSPS) is 11.0. The molecule has 192 valence electrons. The summed E-state index contributed by atoms with van der Waals surface area (Å²) in [6, 6.07) is 17.4. The molecule has 0 aliphatic heterocycles. The predicted octanol–water partition coefficient (Wildman–Crippen LogP) is 8.37. The van der Waals surface area contributed by atoms with Crippen molar-refractivity contribution in [2.45, 2.75) is 33.0 Å². The van der Waals surface area contributed by atoms with Crippen LogP contribution in [-0.4, -0.2) is 18.2 Å². The number of esters is 1. The second-order valence-corrected chi connectivity index (χ2v) is 9.70. The third-order valence-corrected chi connectivity index (χ3v) is 6.58. The first-order chi connectivity index (χ1) is 17.8. The van der Waals surface area contributed by atoms with E-state index in [2.05, 4.69) is 5.16 Å². The van der Waals surface area contributed by atoms with E-state index in [4.69, 9.17) is 53.5 Å². The number of benzene rings is 3. The molecule has 0 spiro atoms. The van der Waals surface area contributed by atoms with Gasteiger partial charge in [-0.15, -0.1) is 0 Å². The maximum atomic E-state index is 11.7. The van der Waals surface area contributed by atoms with Crippen LogP contribution in [0.1, 0.15) is 47.0 Å². The van der Waals surface area contributed by atoms with Crippen molar-refractivity contribution in [3.8, 4) is 22.8 Å². The molecule has 0 saturated heterocycles. The average molecular weight is 561 g/mol. The number of ether oxygens (including phenoxy) is 3. The van der Waals surface area contributed by atoms with Crippen molar-refractivity contribution in [2.75, 3.05) is 7.11 Å². The Morgan fingerprint density at radius 2 is 1.57 bits per heavy atom. The highest BCUT2D eigenvalue weighted by Crippen LogP contribution is 2.39. The Labute approximate surface area is 230 Å². The fourth-order valence-electron chi connectivity index (χ4n) is 3.72. The minimum Gasteiger partial charge on any atom is -0.489 e. The lowest BCUT2D eigenvalue weighted by Gasteiger charge is -2.12. The summed E-state index contributed by atoms with van der Waals surface area (Å²) in [5, 5.41) is 5.68. The highest BCUT2D eigenvalue weighted by atomic mass is 35.5. The highest BCUT2D eigenvalue weighted by molar-refractivity contribution is 6.39. The SMILES string of the molecule is COC(=O)c1cccc(OCc2ccc(OCc3c(-c4c(Cl)cccc4Cl)noc3C(C)C)cc2Cl)c1. The van der Waals surface area contributed by atoms with Gasteiger partial charge in [0.2, 0.25) is 0 Å². The highest BCUT2D eigenvalue weighted by Gasteiger charge is 2.24. The second kappa shape index (κ2) is 11.9. The van der Waals surface area contributed by atoms with E-state index in [1.54, 1.807) is 54.6 Å². The summed E-state index contributed by atoms with van der Waals surface area (Å²) in [4.78, 5) is 11.7. The number of nitrogens with zero attached hydrogens (tertiary/aromatic N) is 1. The first-order valence-corrected chi connectivity index (χ1v) is 12.6. The third kappa shape index (κ3) is 6.21. The van der Waals surface area contributed by atoms with Gasteiger partial charge in [0.15, 0.2) is 0 Å². The Bertz CT molecular complexity index is 1400. The minimum absolute atomic E-state index is 0.0712. The van der Waals surface area contributed by atoms with Crippen molar-refractivity contribution in [3.05, 3.63) is 98.2 Å². The van der Waals surface area contributed by atoms with Gasteiger partial charge >= 0.3 is 5.97 Å². The van der Waals surface area contributed by atoms with Crippen molar-refractivity contribution in [1.29, 1.82) is 0 Å². The first kappa shape index (κ1) is 26.9. The summed E-state index contributed by atoms with van der Waals surface area (Å²) in [7, 11) is 1.33. The van der Waals surface area contributed by atoms with E-state index in [1.807, 2.05) is 19.9 Å². The summed E-state index contributed by atoms with van der Waals surface area (Å²) in [5.41, 5.74) is 3.07. The van der Waals surface area contributed by atoms with Crippen LogP contribution >= 0.6 is 34.8 Å². The molecule has 0 aliphatic carbocycles. The fraction of sp³-hybridized carbons (Fsp3) is 0.214. The first-order valence-electron chi connectivity index (χ1n) is 11.4. The molecule has 0 bridgehead atoms. The van der Waals surface area contributed by atoms with Crippen LogP contribution in [0.15, 0.2) is 65.2 Å². The Morgan fingerprint density at radius 3 is 2.24 bits per heavy atom. The van der Waals surface area contributed by atoms with E-state index in [1.165, 1.54) is 7.11 Å². The topological polar surface area (TPSA) is 70.8 Å². The van der Waals surface area contributed by atoms with Gasteiger partial charge in [0.05, 0.1) is 33.3 Å². The van der Waals surface area contributed by atoms with Crippen molar-refractivity contribution in [2.24, 2.45) is 0 Å². The van der Waals surface area contributed by atoms with E-state index in [0.29, 0.717) is 49.1 Å². The lowest BCUT2D eigenvalue weighted by Crippen LogP contribution is -2.03. The predicted molar refractivity (Wildman–Crippen MR) is 144 cm³/mol. The van der Waals surface area contributed by atoms with Crippen LogP contribution in [0.25, 0.3) is 11.3 Å². The Morgan fingerprint density at radius 1 is 0.892 bits per heavy atom. The molecule has 0 unspecified atom stereocenters. The summed E-state index contributed by atoms with van der Waals surface area (Å²) in [5.74, 6) is 1.42. The zero-order chi connectivity index (χ0) is 26.5. The van der Waals surface area contributed by atoms with E-state index in [-0.39, 0.29) is 19.1 Å². The van der Waals surface area contributed by atoms with Gasteiger partial charge in [0.25, 0.3) is 0 Å². The summed E-state index contributed by atoms with van der Waals surface area (Å²) >= 11 is 19.4. The maximum Gasteiger partial charge on any atom is 0.337 e. The Kier molecular flexibility index (Phi) is 8.64. The van der Waals surface area contributed by atoms with Crippen LogP contribution in [0.3, 0.4) is 0 Å². The van der Waals surface area contributed by atoms with Gasteiger partial charge in [-0.2, -0.15) is 0 Å². The van der Waals surface area contributed by atoms with E-state index < -0.39 is 5.97 Å². The van der Waals surface area contributed by atoms with Crippen LogP contribution in [0.5, 0.6) is 11.5 Å². The van der Waals surface area contributed by atoms with Crippen molar-refractivity contribution in [3.63, 3.8) is 0 Å². The van der Waals surface area contributed by atoms with Crippen LogP contribution in [0.4, 0.5) is 0 Å². The Balaban J connectivity index is 1.49. The number of aromatic nitrogens is 1. The second-order valence-electron chi connectivity index (χ2n) is 8.48. The number of carbonyl (C=O) groups is 1. The number of halogens is 3. The van der Waals surface area contributed by atoms with E-state index in [0.717, 1.165) is 11.1 Å². The molecular formula is C28H24Cl3NO5. The molecule has 1 aromatic heterocycles. The molecule has 37 heavy (non-hydrogen) atoms. The molecular weight excluding hydrogens is 537 g/mol. The van der Waals surface area contributed by atoms with Gasteiger partial charge in [-0.25, -0.2) is 4.79 Å². The van der Waals surface area contributed by atoms with Gasteiger partial charge in [-0.1, -0.05) is 72.0 Å². The molecule has 0 fully saturated rings.